The number of hydrogen-bond acceptors (Lipinski definition) is 6. The molecule has 0 aliphatic heterocycles. The third-order valence-electron chi connectivity index (χ3n) is 2.12. The number of nitrogens with zero attached hydrogens (tertiary/aromatic N) is 2. The summed E-state index contributed by atoms with van der Waals surface area (Å²) in [6.45, 7) is 4.00. The summed E-state index contributed by atoms with van der Waals surface area (Å²) in [5.41, 5.74) is 11.9. The first-order chi connectivity index (χ1) is 7.70. The van der Waals surface area contributed by atoms with Gasteiger partial charge in [0.2, 0.25) is 5.95 Å². The van der Waals surface area contributed by atoms with Gasteiger partial charge in [0.05, 0.1) is 0 Å². The minimum Gasteiger partial charge on any atom is -0.393 e. The molecule has 1 aromatic rings. The molecule has 6 nitrogen and oxygen atoms in total. The standard InChI is InChI=1S/C8H14N6.C2H6/c1-11-6-5(9)7(12-4-2-3-4)14-8(10)13-6;1-2/h4H,2-3,9H2,1H3,(H4,10,11,12,13,14);1-2H3. The van der Waals surface area contributed by atoms with E-state index in [2.05, 4.69) is 20.6 Å². The molecule has 0 amide bonds. The Balaban J connectivity index is 0.000000606. The van der Waals surface area contributed by atoms with E-state index in [1.807, 2.05) is 13.8 Å². The summed E-state index contributed by atoms with van der Waals surface area (Å²) in [6, 6.07) is 0.497. The van der Waals surface area contributed by atoms with Crippen LogP contribution in [0.2, 0.25) is 0 Å². The molecule has 6 heteroatoms. The van der Waals surface area contributed by atoms with E-state index in [1.54, 1.807) is 7.05 Å². The van der Waals surface area contributed by atoms with Gasteiger partial charge >= 0.3 is 0 Å². The van der Waals surface area contributed by atoms with Gasteiger partial charge in [-0.25, -0.2) is 0 Å². The van der Waals surface area contributed by atoms with E-state index in [4.69, 9.17) is 11.5 Å². The van der Waals surface area contributed by atoms with E-state index in [-0.39, 0.29) is 5.95 Å². The van der Waals surface area contributed by atoms with Crippen molar-refractivity contribution in [3.05, 3.63) is 0 Å². The summed E-state index contributed by atoms with van der Waals surface area (Å²) in [7, 11) is 1.75. The summed E-state index contributed by atoms with van der Waals surface area (Å²) in [6.07, 6.45) is 2.33. The zero-order valence-corrected chi connectivity index (χ0v) is 10.0. The molecule has 0 unspecified atom stereocenters. The molecule has 1 aromatic heterocycles. The van der Waals surface area contributed by atoms with Crippen molar-refractivity contribution in [2.24, 2.45) is 0 Å². The Kier molecular flexibility index (Phi) is 4.16. The van der Waals surface area contributed by atoms with Crippen molar-refractivity contribution in [1.29, 1.82) is 0 Å². The highest BCUT2D eigenvalue weighted by Crippen LogP contribution is 2.30. The molecule has 1 aliphatic carbocycles. The second-order valence-electron chi connectivity index (χ2n) is 3.36. The first kappa shape index (κ1) is 12.4. The highest BCUT2D eigenvalue weighted by atomic mass is 15.2. The van der Waals surface area contributed by atoms with Gasteiger partial charge in [-0.2, -0.15) is 9.97 Å². The van der Waals surface area contributed by atoms with Crippen molar-refractivity contribution in [1.82, 2.24) is 9.97 Å². The Labute approximate surface area is 95.8 Å². The van der Waals surface area contributed by atoms with Crippen LogP contribution in [0, 0.1) is 0 Å². The molecule has 0 aromatic carbocycles. The van der Waals surface area contributed by atoms with E-state index in [1.165, 1.54) is 0 Å². The number of nitrogens with two attached hydrogens (primary N) is 2. The third-order valence-corrected chi connectivity index (χ3v) is 2.12. The van der Waals surface area contributed by atoms with Crippen LogP contribution in [0.1, 0.15) is 26.7 Å². The Morgan fingerprint density at radius 2 is 1.69 bits per heavy atom. The minimum absolute atomic E-state index is 0.228. The lowest BCUT2D eigenvalue weighted by Crippen LogP contribution is -2.11. The summed E-state index contributed by atoms with van der Waals surface area (Å²) in [4.78, 5) is 8.02. The number of anilines is 4. The monoisotopic (exact) mass is 224 g/mol. The van der Waals surface area contributed by atoms with Crippen LogP contribution in [-0.4, -0.2) is 23.1 Å². The Morgan fingerprint density at radius 1 is 1.12 bits per heavy atom. The molecular formula is C10H20N6. The molecule has 1 fully saturated rings. The van der Waals surface area contributed by atoms with Crippen LogP contribution in [0.25, 0.3) is 0 Å². The van der Waals surface area contributed by atoms with Crippen molar-refractivity contribution < 1.29 is 0 Å². The molecule has 1 heterocycles. The fraction of sp³-hybridized carbons (Fsp3) is 0.600. The number of aromatic nitrogens is 2. The fourth-order valence-corrected chi connectivity index (χ4v) is 1.21. The van der Waals surface area contributed by atoms with Crippen LogP contribution in [0.15, 0.2) is 0 Å². The minimum atomic E-state index is 0.228. The molecule has 1 aliphatic rings. The van der Waals surface area contributed by atoms with Crippen molar-refractivity contribution in [3.63, 3.8) is 0 Å². The van der Waals surface area contributed by atoms with Gasteiger partial charge in [-0.3, -0.25) is 0 Å². The van der Waals surface area contributed by atoms with Crippen molar-refractivity contribution in [2.75, 3.05) is 29.1 Å². The van der Waals surface area contributed by atoms with Crippen molar-refractivity contribution >= 4 is 23.3 Å². The third kappa shape index (κ3) is 2.88. The number of nitrogens with one attached hydrogen (secondary N) is 2. The largest absolute Gasteiger partial charge is 0.393 e. The van der Waals surface area contributed by atoms with E-state index < -0.39 is 0 Å². The summed E-state index contributed by atoms with van der Waals surface area (Å²) < 4.78 is 0. The molecule has 0 atom stereocenters. The van der Waals surface area contributed by atoms with Gasteiger partial charge in [0.15, 0.2) is 11.6 Å². The lowest BCUT2D eigenvalue weighted by molar-refractivity contribution is 1.09. The predicted molar refractivity (Wildman–Crippen MR) is 68.4 cm³/mol. The van der Waals surface area contributed by atoms with Crippen LogP contribution in [0.5, 0.6) is 0 Å². The summed E-state index contributed by atoms with van der Waals surface area (Å²) in [5, 5.41) is 6.08. The number of rotatable bonds is 3. The topological polar surface area (TPSA) is 102 Å². The molecule has 0 radical (unpaired) electrons. The highest BCUT2D eigenvalue weighted by Gasteiger charge is 2.23. The highest BCUT2D eigenvalue weighted by molar-refractivity contribution is 5.75. The Bertz CT molecular complexity index is 347. The van der Waals surface area contributed by atoms with E-state index in [9.17, 15) is 0 Å². The average molecular weight is 224 g/mol. The zero-order valence-electron chi connectivity index (χ0n) is 10.0. The molecule has 1 saturated carbocycles. The molecule has 2 rings (SSSR count). The molecule has 90 valence electrons. The molecular weight excluding hydrogens is 204 g/mol. The molecule has 16 heavy (non-hydrogen) atoms. The molecule has 0 bridgehead atoms. The molecule has 6 N–H and O–H groups in total. The summed E-state index contributed by atoms with van der Waals surface area (Å²) in [5.74, 6) is 1.43. The first-order valence-electron chi connectivity index (χ1n) is 5.58. The van der Waals surface area contributed by atoms with Gasteiger partial charge in [-0.15, -0.1) is 0 Å². The van der Waals surface area contributed by atoms with E-state index in [0.717, 1.165) is 12.8 Å². The Morgan fingerprint density at radius 3 is 2.19 bits per heavy atom. The van der Waals surface area contributed by atoms with E-state index >= 15 is 0 Å². The molecule has 0 saturated heterocycles. The van der Waals surface area contributed by atoms with Crippen LogP contribution in [0.4, 0.5) is 23.3 Å². The van der Waals surface area contributed by atoms with Crippen molar-refractivity contribution in [3.8, 4) is 0 Å². The second-order valence-corrected chi connectivity index (χ2v) is 3.36. The van der Waals surface area contributed by atoms with Crippen LogP contribution < -0.4 is 22.1 Å². The lowest BCUT2D eigenvalue weighted by Gasteiger charge is -2.10. The maximum atomic E-state index is 5.83. The zero-order chi connectivity index (χ0) is 12.1. The summed E-state index contributed by atoms with van der Waals surface area (Å²) >= 11 is 0. The lowest BCUT2D eigenvalue weighted by atomic mass is 10.4. The average Bonchev–Trinajstić information content (AvgIpc) is 3.09. The fourth-order valence-electron chi connectivity index (χ4n) is 1.21. The number of nitrogen functional groups attached to an aromatic ring is 2. The van der Waals surface area contributed by atoms with Gasteiger partial charge in [0.25, 0.3) is 0 Å². The Hall–Kier alpha value is -1.72. The van der Waals surface area contributed by atoms with Gasteiger partial charge in [-0.05, 0) is 12.8 Å². The quantitative estimate of drug-likeness (QED) is 0.617. The molecule has 0 spiro atoms. The van der Waals surface area contributed by atoms with Crippen LogP contribution in [-0.2, 0) is 0 Å². The van der Waals surface area contributed by atoms with Gasteiger partial charge in [0.1, 0.15) is 5.69 Å². The van der Waals surface area contributed by atoms with Crippen molar-refractivity contribution in [2.45, 2.75) is 32.7 Å². The van der Waals surface area contributed by atoms with Gasteiger partial charge in [-0.1, -0.05) is 13.8 Å². The maximum absolute atomic E-state index is 5.83. The normalized spacial score (nSPS) is 13.7. The maximum Gasteiger partial charge on any atom is 0.224 e. The van der Waals surface area contributed by atoms with Crippen LogP contribution >= 0.6 is 0 Å². The first-order valence-corrected chi connectivity index (χ1v) is 5.58. The smallest absolute Gasteiger partial charge is 0.224 e. The predicted octanol–water partition coefficient (Wildman–Crippen LogP) is 1.28. The van der Waals surface area contributed by atoms with Gasteiger partial charge in [0, 0.05) is 13.1 Å². The van der Waals surface area contributed by atoms with Crippen LogP contribution in [0.3, 0.4) is 0 Å². The van der Waals surface area contributed by atoms with E-state index in [0.29, 0.717) is 23.4 Å². The SMILES string of the molecule is CC.CNc1nc(N)nc(NC2CC2)c1N. The van der Waals surface area contributed by atoms with Gasteiger partial charge < -0.3 is 22.1 Å². The number of hydrogen-bond donors (Lipinski definition) is 4. The second kappa shape index (κ2) is 5.39.